The average molecular weight is 322 g/mol. The Morgan fingerprint density at radius 1 is 1.26 bits per heavy atom. The van der Waals surface area contributed by atoms with E-state index < -0.39 is 0 Å². The van der Waals surface area contributed by atoms with Crippen molar-refractivity contribution in [3.8, 4) is 0 Å². The number of ether oxygens (including phenoxy) is 1. The van der Waals surface area contributed by atoms with E-state index in [2.05, 4.69) is 15.9 Å². The highest BCUT2D eigenvalue weighted by atomic mass is 79.9. The van der Waals surface area contributed by atoms with Crippen LogP contribution in [-0.4, -0.2) is 17.1 Å². The van der Waals surface area contributed by atoms with Gasteiger partial charge in [0.25, 0.3) is 0 Å². The van der Waals surface area contributed by atoms with Crippen molar-refractivity contribution in [1.29, 1.82) is 0 Å². The van der Waals surface area contributed by atoms with Gasteiger partial charge in [-0.15, -0.1) is 0 Å². The zero-order chi connectivity index (χ0) is 13.8. The first-order valence-corrected chi connectivity index (χ1v) is 6.98. The van der Waals surface area contributed by atoms with E-state index in [1.165, 1.54) is 0 Å². The Morgan fingerprint density at radius 3 is 2.58 bits per heavy atom. The molecule has 0 fully saturated rings. The Bertz CT molecular complexity index is 572. The molecule has 0 aliphatic heterocycles. The van der Waals surface area contributed by atoms with Crippen LogP contribution in [0.5, 0.6) is 0 Å². The monoisotopic (exact) mass is 321 g/mol. The number of rotatable bonds is 4. The minimum absolute atomic E-state index is 0.262. The summed E-state index contributed by atoms with van der Waals surface area (Å²) in [4.78, 5) is 11.9. The molecule has 0 radical (unpaired) electrons. The van der Waals surface area contributed by atoms with Crippen molar-refractivity contribution >= 4 is 21.9 Å². The second-order valence-electron chi connectivity index (χ2n) is 4.32. The molecule has 2 aromatic rings. The SMILES string of the molecule is CCOC(=O)c1c(C)ccn1Cc1ccc(Br)cc1. The number of carbonyl (C=O) groups is 1. The van der Waals surface area contributed by atoms with Gasteiger partial charge in [0.05, 0.1) is 6.61 Å². The zero-order valence-electron chi connectivity index (χ0n) is 11.0. The molecule has 0 unspecified atom stereocenters. The van der Waals surface area contributed by atoms with Crippen LogP contribution in [0.15, 0.2) is 41.0 Å². The Morgan fingerprint density at radius 2 is 1.95 bits per heavy atom. The average Bonchev–Trinajstić information content (AvgIpc) is 2.74. The van der Waals surface area contributed by atoms with Gasteiger partial charge in [0.15, 0.2) is 0 Å². The second kappa shape index (κ2) is 6.06. The van der Waals surface area contributed by atoms with Gasteiger partial charge < -0.3 is 9.30 Å². The fourth-order valence-corrected chi connectivity index (χ4v) is 2.24. The van der Waals surface area contributed by atoms with E-state index in [4.69, 9.17) is 4.74 Å². The summed E-state index contributed by atoms with van der Waals surface area (Å²) in [7, 11) is 0. The lowest BCUT2D eigenvalue weighted by atomic mass is 10.2. The molecule has 0 saturated carbocycles. The van der Waals surface area contributed by atoms with E-state index in [1.807, 2.05) is 54.9 Å². The summed E-state index contributed by atoms with van der Waals surface area (Å²) in [6.45, 7) is 4.79. The van der Waals surface area contributed by atoms with Crippen molar-refractivity contribution in [3.63, 3.8) is 0 Å². The maximum Gasteiger partial charge on any atom is 0.355 e. The summed E-state index contributed by atoms with van der Waals surface area (Å²) in [6, 6.07) is 10.00. The first-order chi connectivity index (χ1) is 9.11. The summed E-state index contributed by atoms with van der Waals surface area (Å²) in [5, 5.41) is 0. The van der Waals surface area contributed by atoms with E-state index in [0.717, 1.165) is 15.6 Å². The lowest BCUT2D eigenvalue weighted by molar-refractivity contribution is 0.0513. The van der Waals surface area contributed by atoms with Crippen molar-refractivity contribution in [2.75, 3.05) is 6.61 Å². The predicted molar refractivity (Wildman–Crippen MR) is 78.4 cm³/mol. The molecule has 19 heavy (non-hydrogen) atoms. The van der Waals surface area contributed by atoms with Gasteiger partial charge in [0.2, 0.25) is 0 Å². The second-order valence-corrected chi connectivity index (χ2v) is 5.24. The molecule has 0 aliphatic rings. The molecule has 1 aromatic carbocycles. The van der Waals surface area contributed by atoms with E-state index >= 15 is 0 Å². The van der Waals surface area contributed by atoms with Gasteiger partial charge in [-0.2, -0.15) is 0 Å². The summed E-state index contributed by atoms with van der Waals surface area (Å²) < 4.78 is 8.07. The molecule has 0 N–H and O–H groups in total. The third-order valence-corrected chi connectivity index (χ3v) is 3.43. The van der Waals surface area contributed by atoms with Crippen molar-refractivity contribution < 1.29 is 9.53 Å². The van der Waals surface area contributed by atoms with E-state index in [0.29, 0.717) is 18.8 Å². The topological polar surface area (TPSA) is 31.2 Å². The van der Waals surface area contributed by atoms with Crippen molar-refractivity contribution in [1.82, 2.24) is 4.57 Å². The first-order valence-electron chi connectivity index (χ1n) is 6.19. The molecule has 3 nitrogen and oxygen atoms in total. The van der Waals surface area contributed by atoms with Crippen LogP contribution >= 0.6 is 15.9 Å². The van der Waals surface area contributed by atoms with Gasteiger partial charge in [0.1, 0.15) is 5.69 Å². The molecule has 1 aromatic heterocycles. The Kier molecular flexibility index (Phi) is 4.43. The third kappa shape index (κ3) is 3.26. The van der Waals surface area contributed by atoms with Gasteiger partial charge in [0, 0.05) is 17.2 Å². The highest BCUT2D eigenvalue weighted by molar-refractivity contribution is 9.10. The van der Waals surface area contributed by atoms with Gasteiger partial charge in [-0.1, -0.05) is 28.1 Å². The van der Waals surface area contributed by atoms with Crippen LogP contribution in [0.2, 0.25) is 0 Å². The number of hydrogen-bond acceptors (Lipinski definition) is 2. The van der Waals surface area contributed by atoms with Gasteiger partial charge in [-0.3, -0.25) is 0 Å². The number of hydrogen-bond donors (Lipinski definition) is 0. The largest absolute Gasteiger partial charge is 0.461 e. The molecule has 0 bridgehead atoms. The highest BCUT2D eigenvalue weighted by Crippen LogP contribution is 2.16. The molecule has 2 rings (SSSR count). The molecule has 0 spiro atoms. The fraction of sp³-hybridized carbons (Fsp3) is 0.267. The Balaban J connectivity index is 2.25. The van der Waals surface area contributed by atoms with Gasteiger partial charge >= 0.3 is 5.97 Å². The molecular weight excluding hydrogens is 306 g/mol. The summed E-state index contributed by atoms with van der Waals surface area (Å²) >= 11 is 3.41. The fourth-order valence-electron chi connectivity index (χ4n) is 1.98. The smallest absolute Gasteiger partial charge is 0.355 e. The van der Waals surface area contributed by atoms with Crippen LogP contribution in [0.3, 0.4) is 0 Å². The van der Waals surface area contributed by atoms with Gasteiger partial charge in [-0.25, -0.2) is 4.79 Å². The van der Waals surface area contributed by atoms with Crippen molar-refractivity contribution in [2.45, 2.75) is 20.4 Å². The zero-order valence-corrected chi connectivity index (χ0v) is 12.6. The molecule has 0 saturated heterocycles. The quantitative estimate of drug-likeness (QED) is 0.802. The van der Waals surface area contributed by atoms with Crippen LogP contribution in [0.1, 0.15) is 28.5 Å². The summed E-state index contributed by atoms with van der Waals surface area (Å²) in [5.74, 6) is -0.262. The molecule has 1 heterocycles. The van der Waals surface area contributed by atoms with Gasteiger partial charge in [-0.05, 0) is 43.2 Å². The molecule has 0 amide bonds. The third-order valence-electron chi connectivity index (χ3n) is 2.90. The lowest BCUT2D eigenvalue weighted by Gasteiger charge is -2.10. The highest BCUT2D eigenvalue weighted by Gasteiger charge is 2.15. The van der Waals surface area contributed by atoms with Crippen molar-refractivity contribution in [3.05, 3.63) is 57.8 Å². The summed E-state index contributed by atoms with van der Waals surface area (Å²) in [6.07, 6.45) is 1.92. The summed E-state index contributed by atoms with van der Waals surface area (Å²) in [5.41, 5.74) is 2.71. The molecular formula is C15H16BrNO2. The maximum atomic E-state index is 11.9. The van der Waals surface area contributed by atoms with Crippen molar-refractivity contribution in [2.24, 2.45) is 0 Å². The number of esters is 1. The number of benzene rings is 1. The Hall–Kier alpha value is -1.55. The molecule has 0 atom stereocenters. The maximum absolute atomic E-state index is 11.9. The van der Waals surface area contributed by atoms with Crippen LogP contribution in [0.25, 0.3) is 0 Å². The van der Waals surface area contributed by atoms with E-state index in [-0.39, 0.29) is 5.97 Å². The predicted octanol–water partition coefficient (Wildman–Crippen LogP) is 3.78. The molecule has 100 valence electrons. The minimum atomic E-state index is -0.262. The number of aromatic nitrogens is 1. The van der Waals surface area contributed by atoms with Crippen LogP contribution in [0.4, 0.5) is 0 Å². The normalized spacial score (nSPS) is 10.5. The number of aryl methyl sites for hydroxylation is 1. The number of nitrogens with zero attached hydrogens (tertiary/aromatic N) is 1. The lowest BCUT2D eigenvalue weighted by Crippen LogP contribution is -2.13. The minimum Gasteiger partial charge on any atom is -0.461 e. The molecule has 4 heteroatoms. The van der Waals surface area contributed by atoms with Crippen LogP contribution < -0.4 is 0 Å². The molecule has 0 aliphatic carbocycles. The first kappa shape index (κ1) is 13.9. The standard InChI is InChI=1S/C15H16BrNO2/c1-3-19-15(18)14-11(2)8-9-17(14)10-12-4-6-13(16)7-5-12/h4-9H,3,10H2,1-2H3. The Labute approximate surface area is 121 Å². The number of halogens is 1. The van der Waals surface area contributed by atoms with E-state index in [1.54, 1.807) is 0 Å². The number of carbonyl (C=O) groups excluding carboxylic acids is 1. The van der Waals surface area contributed by atoms with Crippen LogP contribution in [-0.2, 0) is 11.3 Å². The van der Waals surface area contributed by atoms with Crippen LogP contribution in [0, 0.1) is 6.92 Å². The van der Waals surface area contributed by atoms with E-state index in [9.17, 15) is 4.79 Å².